The molecule has 59 valence electrons. The minimum Gasteiger partial charge on any atom is -0.346 e. The summed E-state index contributed by atoms with van der Waals surface area (Å²) in [6.45, 7) is 0.774. The van der Waals surface area contributed by atoms with Gasteiger partial charge in [0.1, 0.15) is 0 Å². The Kier molecular flexibility index (Phi) is 5.10. The van der Waals surface area contributed by atoms with Crippen LogP contribution in [0.1, 0.15) is 19.8 Å². The van der Waals surface area contributed by atoms with Gasteiger partial charge in [-0.15, -0.1) is 0 Å². The van der Waals surface area contributed by atoms with E-state index in [1.54, 1.807) is 0 Å². The van der Waals surface area contributed by atoms with E-state index in [0.717, 1.165) is 13.0 Å². The van der Waals surface area contributed by atoms with E-state index >= 15 is 0 Å². The van der Waals surface area contributed by atoms with Crippen LogP contribution in [-0.2, 0) is 9.53 Å². The minimum absolute atomic E-state index is 0.240. The Morgan fingerprint density at radius 3 is 2.70 bits per heavy atom. The molecule has 2 N–H and O–H groups in total. The Balaban J connectivity index is 3.22. The molecule has 0 aliphatic heterocycles. The fourth-order valence-corrected chi connectivity index (χ4v) is 0.442. The molecule has 0 aromatic carbocycles. The van der Waals surface area contributed by atoms with Crippen molar-refractivity contribution in [3.63, 3.8) is 0 Å². The second-order valence-corrected chi connectivity index (χ2v) is 1.80. The highest BCUT2D eigenvalue weighted by Crippen LogP contribution is 1.95. The van der Waals surface area contributed by atoms with Gasteiger partial charge in [-0.25, -0.2) is 0 Å². The van der Waals surface area contributed by atoms with Crippen LogP contribution < -0.4 is 0 Å². The fraction of sp³-hybridized carbons (Fsp3) is 0.667. The van der Waals surface area contributed by atoms with Gasteiger partial charge < -0.3 is 14.9 Å². The molecule has 4 heteroatoms. The van der Waals surface area contributed by atoms with Crippen molar-refractivity contribution in [3.05, 3.63) is 6.61 Å². The second-order valence-electron chi connectivity index (χ2n) is 1.80. The van der Waals surface area contributed by atoms with Crippen LogP contribution in [0.15, 0.2) is 0 Å². The third-order valence-corrected chi connectivity index (χ3v) is 0.818. The molecule has 10 heavy (non-hydrogen) atoms. The van der Waals surface area contributed by atoms with E-state index in [2.05, 4.69) is 4.74 Å². The van der Waals surface area contributed by atoms with E-state index in [1.165, 1.54) is 0 Å². The predicted molar refractivity (Wildman–Crippen MR) is 33.5 cm³/mol. The minimum atomic E-state index is -1.89. The number of rotatable bonds is 5. The molecule has 4 nitrogen and oxygen atoms in total. The zero-order chi connectivity index (χ0) is 7.98. The van der Waals surface area contributed by atoms with E-state index in [-0.39, 0.29) is 5.78 Å². The van der Waals surface area contributed by atoms with Crippen molar-refractivity contribution in [2.45, 2.75) is 26.2 Å². The summed E-state index contributed by atoms with van der Waals surface area (Å²) in [5.41, 5.74) is 0. The van der Waals surface area contributed by atoms with Crippen molar-refractivity contribution in [3.8, 4) is 0 Å². The Hall–Kier alpha value is -0.450. The molecule has 0 spiro atoms. The van der Waals surface area contributed by atoms with Crippen LogP contribution >= 0.6 is 0 Å². The van der Waals surface area contributed by atoms with E-state index in [9.17, 15) is 4.79 Å². The van der Waals surface area contributed by atoms with E-state index in [0.29, 0.717) is 6.42 Å². The number of carbonyl (C=O) groups excluding carboxylic acids is 1. The molecule has 0 aliphatic carbocycles. The van der Waals surface area contributed by atoms with Gasteiger partial charge in [0, 0.05) is 6.42 Å². The largest absolute Gasteiger partial charge is 0.346 e. The van der Waals surface area contributed by atoms with E-state index < -0.39 is 6.48 Å². The zero-order valence-corrected chi connectivity index (χ0v) is 5.78. The van der Waals surface area contributed by atoms with Gasteiger partial charge in [0.2, 0.25) is 0 Å². The molecule has 0 heterocycles. The Morgan fingerprint density at radius 1 is 1.70 bits per heavy atom. The molecule has 0 rings (SSSR count). The topological polar surface area (TPSA) is 66.8 Å². The number of hydrogen-bond acceptors (Lipinski definition) is 4. The van der Waals surface area contributed by atoms with Crippen LogP contribution in [0, 0.1) is 6.61 Å². The van der Waals surface area contributed by atoms with Crippen molar-refractivity contribution in [2.75, 3.05) is 0 Å². The van der Waals surface area contributed by atoms with E-state index in [4.69, 9.17) is 10.2 Å². The Bertz CT molecular complexity index is 99.9. The van der Waals surface area contributed by atoms with Gasteiger partial charge in [0.15, 0.2) is 12.4 Å². The molecule has 0 saturated heterocycles. The molecular formula is C6H11O4. The normalized spacial score (nSPS) is 10.4. The van der Waals surface area contributed by atoms with Gasteiger partial charge in [-0.2, -0.15) is 0 Å². The number of Topliss-reactive ketones (excluding diaryl/α,β-unsaturated/α-hetero) is 1. The fourth-order valence-electron chi connectivity index (χ4n) is 0.442. The van der Waals surface area contributed by atoms with Gasteiger partial charge in [-0.1, -0.05) is 6.92 Å². The first kappa shape index (κ1) is 9.55. The van der Waals surface area contributed by atoms with Gasteiger partial charge in [-0.05, 0) is 6.42 Å². The molecule has 0 aromatic rings. The van der Waals surface area contributed by atoms with Crippen LogP contribution in [0.4, 0.5) is 0 Å². The number of ether oxygens (including phenoxy) is 1. The van der Waals surface area contributed by atoms with Crippen LogP contribution in [0.5, 0.6) is 0 Å². The maximum absolute atomic E-state index is 10.5. The highest BCUT2D eigenvalue weighted by molar-refractivity contribution is 5.85. The third-order valence-electron chi connectivity index (χ3n) is 0.818. The van der Waals surface area contributed by atoms with Crippen molar-refractivity contribution in [1.29, 1.82) is 0 Å². The highest BCUT2D eigenvalue weighted by Gasteiger charge is 2.03. The van der Waals surface area contributed by atoms with Gasteiger partial charge in [-0.3, -0.25) is 4.79 Å². The molecule has 0 unspecified atom stereocenters. The summed E-state index contributed by atoms with van der Waals surface area (Å²) in [6, 6.07) is 0. The number of carbonyl (C=O) groups is 1. The van der Waals surface area contributed by atoms with Crippen molar-refractivity contribution in [1.82, 2.24) is 0 Å². The summed E-state index contributed by atoms with van der Waals surface area (Å²) in [5, 5.41) is 16.2. The predicted octanol–water partition coefficient (Wildman–Crippen LogP) is -0.198. The van der Waals surface area contributed by atoms with Crippen LogP contribution in [0.3, 0.4) is 0 Å². The van der Waals surface area contributed by atoms with Crippen molar-refractivity contribution < 1.29 is 19.7 Å². The smallest absolute Gasteiger partial charge is 0.267 e. The first-order chi connectivity index (χ1) is 4.66. The molecule has 0 aromatic heterocycles. The monoisotopic (exact) mass is 147 g/mol. The molecule has 0 fully saturated rings. The summed E-state index contributed by atoms with van der Waals surface area (Å²) in [5.74, 6) is -0.240. The molecule has 0 atom stereocenters. The summed E-state index contributed by atoms with van der Waals surface area (Å²) in [6.07, 6.45) is 1.09. The quantitative estimate of drug-likeness (QED) is 0.528. The first-order valence-electron chi connectivity index (χ1n) is 3.04. The molecule has 1 radical (unpaired) electrons. The van der Waals surface area contributed by atoms with Gasteiger partial charge in [0.05, 0.1) is 0 Å². The van der Waals surface area contributed by atoms with Crippen LogP contribution in [0.25, 0.3) is 0 Å². The van der Waals surface area contributed by atoms with Crippen molar-refractivity contribution >= 4 is 5.78 Å². The lowest BCUT2D eigenvalue weighted by atomic mass is 10.2. The lowest BCUT2D eigenvalue weighted by Crippen LogP contribution is -2.12. The van der Waals surface area contributed by atoms with E-state index in [1.807, 2.05) is 6.92 Å². The lowest BCUT2D eigenvalue weighted by Gasteiger charge is -2.01. The highest BCUT2D eigenvalue weighted by atomic mass is 16.7. The molecule has 0 amide bonds. The number of aliphatic hydroxyl groups is 2. The summed E-state index contributed by atoms with van der Waals surface area (Å²) >= 11 is 0. The summed E-state index contributed by atoms with van der Waals surface area (Å²) < 4.78 is 4.09. The number of hydrogen-bond donors (Lipinski definition) is 2. The molecular weight excluding hydrogens is 136 g/mol. The van der Waals surface area contributed by atoms with Gasteiger partial charge in [0.25, 0.3) is 6.48 Å². The van der Waals surface area contributed by atoms with Crippen molar-refractivity contribution in [2.24, 2.45) is 0 Å². The number of ketones is 1. The maximum atomic E-state index is 10.5. The Morgan fingerprint density at radius 2 is 2.30 bits per heavy atom. The average Bonchev–Trinajstić information content (AvgIpc) is 1.85. The van der Waals surface area contributed by atoms with Crippen LogP contribution in [-0.4, -0.2) is 22.5 Å². The SMILES string of the molecule is CCCC(=O)[CH]OC(O)O. The third kappa shape index (κ3) is 5.68. The standard InChI is InChI=1S/C6H11O4/c1-2-3-5(7)4-10-6(8)9/h4,6,8-9H,2-3H2,1H3. The zero-order valence-electron chi connectivity index (χ0n) is 5.78. The Labute approximate surface area is 59.4 Å². The molecule has 0 aliphatic rings. The first-order valence-corrected chi connectivity index (χ1v) is 3.04. The van der Waals surface area contributed by atoms with Crippen LogP contribution in [0.2, 0.25) is 0 Å². The second kappa shape index (κ2) is 5.34. The molecule has 0 bridgehead atoms. The average molecular weight is 147 g/mol. The lowest BCUT2D eigenvalue weighted by molar-refractivity contribution is -0.216. The summed E-state index contributed by atoms with van der Waals surface area (Å²) in [7, 11) is 0. The maximum Gasteiger partial charge on any atom is 0.267 e. The number of aliphatic hydroxyl groups excluding tert-OH is 1. The summed E-state index contributed by atoms with van der Waals surface area (Å²) in [4.78, 5) is 10.5. The van der Waals surface area contributed by atoms with Gasteiger partial charge >= 0.3 is 0 Å². The molecule has 0 saturated carbocycles.